The molecular formula is C14H12BrN5O2S. The number of nitrogens with one attached hydrogen (secondary N) is 1. The molecule has 0 fully saturated rings. The number of rotatable bonds is 4. The first-order chi connectivity index (χ1) is 11.0. The van der Waals surface area contributed by atoms with Gasteiger partial charge in [-0.05, 0) is 75.2 Å². The number of nitrogens with zero attached hydrogens (tertiary/aromatic N) is 4. The molecule has 7 nitrogen and oxygen atoms in total. The van der Waals surface area contributed by atoms with Crippen molar-refractivity contribution in [1.29, 1.82) is 0 Å². The van der Waals surface area contributed by atoms with Gasteiger partial charge in [-0.3, -0.25) is 4.72 Å². The van der Waals surface area contributed by atoms with Gasteiger partial charge in [0, 0.05) is 10.2 Å². The van der Waals surface area contributed by atoms with E-state index in [9.17, 15) is 8.42 Å². The number of hydrogen-bond donors (Lipinski definition) is 1. The predicted octanol–water partition coefficient (Wildman–Crippen LogP) is 2.53. The molecule has 2 aromatic carbocycles. The number of aryl methyl sites for hydroxylation is 1. The summed E-state index contributed by atoms with van der Waals surface area (Å²) in [6, 6.07) is 11.8. The Balaban J connectivity index is 1.86. The van der Waals surface area contributed by atoms with Crippen LogP contribution in [0.1, 0.15) is 5.56 Å². The largest absolute Gasteiger partial charge is 0.280 e. The first-order valence-electron chi connectivity index (χ1n) is 6.58. The fourth-order valence-corrected chi connectivity index (χ4v) is 4.25. The molecule has 0 saturated heterocycles. The van der Waals surface area contributed by atoms with Crippen molar-refractivity contribution in [2.75, 3.05) is 4.72 Å². The number of hydrogen-bond acceptors (Lipinski definition) is 5. The second-order valence-electron chi connectivity index (χ2n) is 4.84. The van der Waals surface area contributed by atoms with E-state index in [1.807, 2.05) is 6.92 Å². The third kappa shape index (κ3) is 3.40. The summed E-state index contributed by atoms with van der Waals surface area (Å²) in [5.41, 5.74) is 2.16. The van der Waals surface area contributed by atoms with Gasteiger partial charge in [0.15, 0.2) is 0 Å². The molecule has 3 aromatic rings. The van der Waals surface area contributed by atoms with E-state index in [2.05, 4.69) is 36.2 Å². The maximum atomic E-state index is 12.5. The Labute approximate surface area is 141 Å². The number of sulfonamides is 1. The van der Waals surface area contributed by atoms with E-state index in [4.69, 9.17) is 0 Å². The Bertz CT molecular complexity index is 924. The van der Waals surface area contributed by atoms with Gasteiger partial charge < -0.3 is 0 Å². The monoisotopic (exact) mass is 393 g/mol. The Morgan fingerprint density at radius 2 is 1.87 bits per heavy atom. The highest BCUT2D eigenvalue weighted by molar-refractivity contribution is 9.10. The molecule has 3 rings (SSSR count). The van der Waals surface area contributed by atoms with Crippen molar-refractivity contribution >= 4 is 31.6 Å². The molecule has 0 amide bonds. The molecule has 0 atom stereocenters. The Hall–Kier alpha value is -2.26. The third-order valence-electron chi connectivity index (χ3n) is 3.11. The Morgan fingerprint density at radius 3 is 2.48 bits per heavy atom. The molecule has 0 aliphatic carbocycles. The Kier molecular flexibility index (Phi) is 4.14. The van der Waals surface area contributed by atoms with Crippen LogP contribution in [0.4, 0.5) is 5.69 Å². The molecule has 0 aliphatic rings. The molecule has 23 heavy (non-hydrogen) atoms. The Morgan fingerprint density at radius 1 is 1.13 bits per heavy atom. The lowest BCUT2D eigenvalue weighted by molar-refractivity contribution is 0.600. The quantitative estimate of drug-likeness (QED) is 0.735. The van der Waals surface area contributed by atoms with Crippen molar-refractivity contribution in [3.8, 4) is 5.69 Å². The second kappa shape index (κ2) is 6.09. The molecule has 0 bridgehead atoms. The van der Waals surface area contributed by atoms with Crippen molar-refractivity contribution in [2.45, 2.75) is 11.8 Å². The summed E-state index contributed by atoms with van der Waals surface area (Å²) in [5, 5.41) is 10.9. The summed E-state index contributed by atoms with van der Waals surface area (Å²) in [7, 11) is -3.67. The highest BCUT2D eigenvalue weighted by atomic mass is 79.9. The third-order valence-corrected chi connectivity index (χ3v) is 5.47. The fraction of sp³-hybridized carbons (Fsp3) is 0.0714. The average Bonchev–Trinajstić information content (AvgIpc) is 3.01. The molecule has 0 saturated carbocycles. The normalized spacial score (nSPS) is 11.4. The number of tetrazole rings is 1. The number of halogens is 1. The molecule has 0 spiro atoms. The highest BCUT2D eigenvalue weighted by Crippen LogP contribution is 2.25. The van der Waals surface area contributed by atoms with Crippen molar-refractivity contribution < 1.29 is 8.42 Å². The lowest BCUT2D eigenvalue weighted by Gasteiger charge is -2.10. The van der Waals surface area contributed by atoms with E-state index in [1.165, 1.54) is 11.0 Å². The van der Waals surface area contributed by atoms with Crippen molar-refractivity contribution in [3.05, 3.63) is 58.8 Å². The summed E-state index contributed by atoms with van der Waals surface area (Å²) in [6.07, 6.45) is 1.46. The summed E-state index contributed by atoms with van der Waals surface area (Å²) in [4.78, 5) is 0.188. The van der Waals surface area contributed by atoms with Crippen LogP contribution >= 0.6 is 15.9 Å². The molecule has 0 aliphatic heterocycles. The molecule has 0 unspecified atom stereocenters. The lowest BCUT2D eigenvalue weighted by Crippen LogP contribution is -2.13. The van der Waals surface area contributed by atoms with Gasteiger partial charge in [-0.15, -0.1) is 5.10 Å². The lowest BCUT2D eigenvalue weighted by atomic mass is 10.2. The maximum absolute atomic E-state index is 12.5. The predicted molar refractivity (Wildman–Crippen MR) is 88.8 cm³/mol. The number of benzene rings is 2. The average molecular weight is 394 g/mol. The van der Waals surface area contributed by atoms with Crippen LogP contribution in [0.25, 0.3) is 5.69 Å². The van der Waals surface area contributed by atoms with Gasteiger partial charge in [0.05, 0.1) is 5.69 Å². The minimum atomic E-state index is -3.67. The standard InChI is InChI=1S/C14H12BrN5O2S/c1-10-2-7-14(13(15)8-10)23(21,22)17-11-3-5-12(6-4-11)20-9-16-18-19-20/h2-9,17H,1H3. The van der Waals surface area contributed by atoms with E-state index in [0.29, 0.717) is 10.2 Å². The zero-order chi connectivity index (χ0) is 16.4. The molecule has 0 radical (unpaired) electrons. The second-order valence-corrected chi connectivity index (χ2v) is 7.35. The van der Waals surface area contributed by atoms with E-state index >= 15 is 0 Å². The molecular weight excluding hydrogens is 382 g/mol. The summed E-state index contributed by atoms with van der Waals surface area (Å²) in [6.45, 7) is 1.90. The van der Waals surface area contributed by atoms with Crippen LogP contribution in [0.2, 0.25) is 0 Å². The van der Waals surface area contributed by atoms with Gasteiger partial charge in [-0.2, -0.15) is 0 Å². The van der Waals surface area contributed by atoms with Crippen LogP contribution in [-0.4, -0.2) is 28.6 Å². The molecule has 1 heterocycles. The minimum Gasteiger partial charge on any atom is -0.280 e. The van der Waals surface area contributed by atoms with Gasteiger partial charge in [-0.25, -0.2) is 13.1 Å². The van der Waals surface area contributed by atoms with Gasteiger partial charge in [0.1, 0.15) is 11.2 Å². The van der Waals surface area contributed by atoms with Gasteiger partial charge >= 0.3 is 0 Å². The van der Waals surface area contributed by atoms with Crippen LogP contribution in [0.15, 0.2) is 58.2 Å². The SMILES string of the molecule is Cc1ccc(S(=O)(=O)Nc2ccc(-n3cnnn3)cc2)c(Br)c1. The summed E-state index contributed by atoms with van der Waals surface area (Å²) >= 11 is 3.29. The topological polar surface area (TPSA) is 89.8 Å². The molecule has 1 aromatic heterocycles. The van der Waals surface area contributed by atoms with Crippen LogP contribution in [0.5, 0.6) is 0 Å². The van der Waals surface area contributed by atoms with Crippen molar-refractivity contribution in [2.24, 2.45) is 0 Å². The molecule has 118 valence electrons. The van der Waals surface area contributed by atoms with E-state index in [1.54, 1.807) is 42.5 Å². The van der Waals surface area contributed by atoms with Gasteiger partial charge in [0.2, 0.25) is 0 Å². The van der Waals surface area contributed by atoms with E-state index in [0.717, 1.165) is 11.3 Å². The number of aromatic nitrogens is 4. The van der Waals surface area contributed by atoms with Gasteiger partial charge in [0.25, 0.3) is 10.0 Å². The van der Waals surface area contributed by atoms with Crippen LogP contribution in [0.3, 0.4) is 0 Å². The minimum absolute atomic E-state index is 0.188. The van der Waals surface area contributed by atoms with Crippen LogP contribution < -0.4 is 4.72 Å². The smallest absolute Gasteiger partial charge is 0.263 e. The highest BCUT2D eigenvalue weighted by Gasteiger charge is 2.17. The first-order valence-corrected chi connectivity index (χ1v) is 8.86. The first kappa shape index (κ1) is 15.6. The maximum Gasteiger partial charge on any atom is 0.263 e. The molecule has 9 heteroatoms. The van der Waals surface area contributed by atoms with Crippen LogP contribution in [-0.2, 0) is 10.0 Å². The zero-order valence-electron chi connectivity index (χ0n) is 12.0. The van der Waals surface area contributed by atoms with E-state index in [-0.39, 0.29) is 4.90 Å². The molecule has 1 N–H and O–H groups in total. The number of anilines is 1. The summed E-state index contributed by atoms with van der Waals surface area (Å²) < 4.78 is 29.5. The van der Waals surface area contributed by atoms with E-state index < -0.39 is 10.0 Å². The fourth-order valence-electron chi connectivity index (χ4n) is 2.00. The zero-order valence-corrected chi connectivity index (χ0v) is 14.4. The van der Waals surface area contributed by atoms with Crippen LogP contribution in [0, 0.1) is 6.92 Å². The van der Waals surface area contributed by atoms with Crippen molar-refractivity contribution in [3.63, 3.8) is 0 Å². The summed E-state index contributed by atoms with van der Waals surface area (Å²) in [5.74, 6) is 0. The van der Waals surface area contributed by atoms with Gasteiger partial charge in [-0.1, -0.05) is 6.07 Å². The van der Waals surface area contributed by atoms with Crippen molar-refractivity contribution in [1.82, 2.24) is 20.2 Å².